The Morgan fingerprint density at radius 2 is 2.21 bits per heavy atom. The summed E-state index contributed by atoms with van der Waals surface area (Å²) < 4.78 is 5.69. The first-order valence-corrected chi connectivity index (χ1v) is 9.11. The van der Waals surface area contributed by atoms with Crippen LogP contribution >= 0.6 is 0 Å². The number of benzene rings is 1. The summed E-state index contributed by atoms with van der Waals surface area (Å²) in [6, 6.07) is 8.37. The second-order valence-electron chi connectivity index (χ2n) is 6.71. The molecule has 2 N–H and O–H groups in total. The van der Waals surface area contributed by atoms with Gasteiger partial charge in [-0.15, -0.1) is 0 Å². The van der Waals surface area contributed by atoms with E-state index in [2.05, 4.69) is 16.3 Å². The van der Waals surface area contributed by atoms with Crippen LogP contribution in [-0.4, -0.2) is 54.8 Å². The number of hydrogen-bond donors (Lipinski definition) is 2. The van der Waals surface area contributed by atoms with E-state index >= 15 is 0 Å². The number of ether oxygens (including phenoxy) is 1. The zero-order chi connectivity index (χ0) is 16.8. The molecule has 1 amide bonds. The summed E-state index contributed by atoms with van der Waals surface area (Å²) in [5.41, 5.74) is 2.22. The number of nitrogens with zero attached hydrogens (tertiary/aromatic N) is 1. The number of carbonyl (C=O) groups excluding carboxylic acids is 1. The van der Waals surface area contributed by atoms with Crippen LogP contribution in [0.25, 0.3) is 0 Å². The van der Waals surface area contributed by atoms with Crippen LogP contribution in [-0.2, 0) is 16.0 Å². The van der Waals surface area contributed by atoms with Gasteiger partial charge in [0.2, 0.25) is 0 Å². The van der Waals surface area contributed by atoms with Crippen molar-refractivity contribution in [3.63, 3.8) is 0 Å². The standard InChI is InChI=1S/C19H28N2O3/c22-14-16-7-5-12-21(16)11-4-3-10-20-19(23)18-17-8-2-1-6-15(17)9-13-24-18/h1-2,6,8,16,18,22H,3-5,7,9-14H2,(H,20,23). The lowest BCUT2D eigenvalue weighted by molar-refractivity contribution is -0.134. The van der Waals surface area contributed by atoms with Crippen molar-refractivity contribution in [1.29, 1.82) is 0 Å². The fourth-order valence-electron chi connectivity index (χ4n) is 3.75. The van der Waals surface area contributed by atoms with Crippen LogP contribution in [0.1, 0.15) is 42.9 Å². The average molecular weight is 332 g/mol. The van der Waals surface area contributed by atoms with Crippen molar-refractivity contribution in [3.8, 4) is 0 Å². The van der Waals surface area contributed by atoms with Gasteiger partial charge in [-0.05, 0) is 56.3 Å². The van der Waals surface area contributed by atoms with Gasteiger partial charge < -0.3 is 15.2 Å². The molecule has 1 aromatic rings. The van der Waals surface area contributed by atoms with Crippen LogP contribution in [0.5, 0.6) is 0 Å². The van der Waals surface area contributed by atoms with Crippen molar-refractivity contribution in [2.75, 3.05) is 32.8 Å². The Morgan fingerprint density at radius 3 is 3.08 bits per heavy atom. The molecule has 2 aliphatic heterocycles. The molecule has 5 nitrogen and oxygen atoms in total. The molecule has 2 atom stereocenters. The van der Waals surface area contributed by atoms with Crippen molar-refractivity contribution in [3.05, 3.63) is 35.4 Å². The van der Waals surface area contributed by atoms with Gasteiger partial charge in [-0.2, -0.15) is 0 Å². The molecule has 0 bridgehead atoms. The van der Waals surface area contributed by atoms with Crippen LogP contribution in [0.3, 0.4) is 0 Å². The molecule has 2 unspecified atom stereocenters. The summed E-state index contributed by atoms with van der Waals surface area (Å²) in [5, 5.41) is 12.3. The second-order valence-corrected chi connectivity index (χ2v) is 6.71. The zero-order valence-electron chi connectivity index (χ0n) is 14.2. The Bertz CT molecular complexity index is 549. The molecule has 2 aliphatic rings. The van der Waals surface area contributed by atoms with Crippen LogP contribution in [0.15, 0.2) is 24.3 Å². The Balaban J connectivity index is 1.39. The summed E-state index contributed by atoms with van der Waals surface area (Å²) >= 11 is 0. The van der Waals surface area contributed by atoms with Crippen molar-refractivity contribution in [2.45, 2.75) is 44.2 Å². The molecule has 0 saturated carbocycles. The minimum absolute atomic E-state index is 0.0310. The molecule has 1 fully saturated rings. The highest BCUT2D eigenvalue weighted by molar-refractivity contribution is 5.82. The lowest BCUT2D eigenvalue weighted by Gasteiger charge is -2.25. The fraction of sp³-hybridized carbons (Fsp3) is 0.632. The minimum Gasteiger partial charge on any atom is -0.395 e. The van der Waals surface area contributed by atoms with E-state index in [9.17, 15) is 9.90 Å². The Kier molecular flexibility index (Phi) is 6.24. The van der Waals surface area contributed by atoms with Crippen molar-refractivity contribution >= 4 is 5.91 Å². The molecule has 132 valence electrons. The number of unbranched alkanes of at least 4 members (excludes halogenated alkanes) is 1. The summed E-state index contributed by atoms with van der Waals surface area (Å²) in [4.78, 5) is 14.8. The van der Waals surface area contributed by atoms with Crippen molar-refractivity contribution in [1.82, 2.24) is 10.2 Å². The van der Waals surface area contributed by atoms with Crippen LogP contribution in [0.4, 0.5) is 0 Å². The van der Waals surface area contributed by atoms with Gasteiger partial charge >= 0.3 is 0 Å². The number of aliphatic hydroxyl groups is 1. The van der Waals surface area contributed by atoms with E-state index in [1.165, 1.54) is 12.0 Å². The Hall–Kier alpha value is -1.43. The SMILES string of the molecule is O=C(NCCCCN1CCCC1CO)C1OCCc2ccccc21. The summed E-state index contributed by atoms with van der Waals surface area (Å²) in [5.74, 6) is -0.0310. The zero-order valence-corrected chi connectivity index (χ0v) is 14.2. The predicted octanol–water partition coefficient (Wildman–Crippen LogP) is 1.65. The number of nitrogens with one attached hydrogen (secondary N) is 1. The van der Waals surface area contributed by atoms with E-state index in [1.54, 1.807) is 0 Å². The third-order valence-electron chi connectivity index (χ3n) is 5.11. The second kappa shape index (κ2) is 8.60. The van der Waals surface area contributed by atoms with E-state index < -0.39 is 6.10 Å². The topological polar surface area (TPSA) is 61.8 Å². The van der Waals surface area contributed by atoms with Gasteiger partial charge in [-0.25, -0.2) is 0 Å². The molecule has 0 radical (unpaired) electrons. The van der Waals surface area contributed by atoms with Gasteiger partial charge in [-0.3, -0.25) is 9.69 Å². The Morgan fingerprint density at radius 1 is 1.33 bits per heavy atom. The molecule has 24 heavy (non-hydrogen) atoms. The van der Waals surface area contributed by atoms with E-state index in [0.29, 0.717) is 19.2 Å². The van der Waals surface area contributed by atoms with E-state index in [0.717, 1.165) is 44.3 Å². The third kappa shape index (κ3) is 4.15. The first-order chi connectivity index (χ1) is 11.8. The lowest BCUT2D eigenvalue weighted by atomic mass is 9.97. The van der Waals surface area contributed by atoms with Gasteiger partial charge in [-0.1, -0.05) is 24.3 Å². The van der Waals surface area contributed by atoms with Crippen molar-refractivity contribution < 1.29 is 14.6 Å². The molecule has 0 aromatic heterocycles. The van der Waals surface area contributed by atoms with E-state index in [-0.39, 0.29) is 12.5 Å². The lowest BCUT2D eigenvalue weighted by Crippen LogP contribution is -2.35. The fourth-order valence-corrected chi connectivity index (χ4v) is 3.75. The number of fused-ring (bicyclic) bond motifs is 1. The van der Waals surface area contributed by atoms with Gasteiger partial charge in [0, 0.05) is 12.6 Å². The predicted molar refractivity (Wildman–Crippen MR) is 92.8 cm³/mol. The molecular weight excluding hydrogens is 304 g/mol. The molecule has 0 spiro atoms. The van der Waals surface area contributed by atoms with Crippen LogP contribution in [0.2, 0.25) is 0 Å². The van der Waals surface area contributed by atoms with Crippen molar-refractivity contribution in [2.24, 2.45) is 0 Å². The first kappa shape index (κ1) is 17.4. The maximum atomic E-state index is 12.4. The normalized spacial score (nSPS) is 23.9. The molecular formula is C19H28N2O3. The van der Waals surface area contributed by atoms with E-state index in [1.807, 2.05) is 18.2 Å². The molecule has 2 heterocycles. The van der Waals surface area contributed by atoms with Gasteiger partial charge in [0.25, 0.3) is 5.91 Å². The van der Waals surface area contributed by atoms with Gasteiger partial charge in [0.05, 0.1) is 13.2 Å². The van der Waals surface area contributed by atoms with E-state index in [4.69, 9.17) is 4.74 Å². The highest BCUT2D eigenvalue weighted by Crippen LogP contribution is 2.26. The molecule has 1 aromatic carbocycles. The van der Waals surface area contributed by atoms with Crippen LogP contribution in [0, 0.1) is 0 Å². The maximum Gasteiger partial charge on any atom is 0.253 e. The molecule has 5 heteroatoms. The number of rotatable bonds is 7. The largest absolute Gasteiger partial charge is 0.395 e. The number of hydrogen-bond acceptors (Lipinski definition) is 4. The minimum atomic E-state index is -0.465. The average Bonchev–Trinajstić information content (AvgIpc) is 3.08. The summed E-state index contributed by atoms with van der Waals surface area (Å²) in [7, 11) is 0. The molecule has 0 aliphatic carbocycles. The Labute approximate surface area is 144 Å². The quantitative estimate of drug-likeness (QED) is 0.746. The maximum absolute atomic E-state index is 12.4. The van der Waals surface area contributed by atoms with Crippen LogP contribution < -0.4 is 5.32 Å². The number of likely N-dealkylation sites (tertiary alicyclic amines) is 1. The third-order valence-corrected chi connectivity index (χ3v) is 5.11. The summed E-state index contributed by atoms with van der Waals surface area (Å²) in [6.45, 7) is 3.63. The monoisotopic (exact) mass is 332 g/mol. The van der Waals surface area contributed by atoms with Gasteiger partial charge in [0.1, 0.15) is 0 Å². The highest BCUT2D eigenvalue weighted by Gasteiger charge is 2.27. The first-order valence-electron chi connectivity index (χ1n) is 9.11. The highest BCUT2D eigenvalue weighted by atomic mass is 16.5. The number of carbonyl (C=O) groups is 1. The molecule has 3 rings (SSSR count). The number of aliphatic hydroxyl groups excluding tert-OH is 1. The summed E-state index contributed by atoms with van der Waals surface area (Å²) in [6.07, 6.45) is 4.69. The number of amides is 1. The molecule has 1 saturated heterocycles. The van der Waals surface area contributed by atoms with Gasteiger partial charge in [0.15, 0.2) is 6.10 Å². The smallest absolute Gasteiger partial charge is 0.253 e.